The summed E-state index contributed by atoms with van der Waals surface area (Å²) in [4.78, 5) is 2.59. The third kappa shape index (κ3) is 2.18. The van der Waals surface area contributed by atoms with Crippen LogP contribution >= 0.6 is 0 Å². The maximum Gasteiger partial charge on any atom is 0.119 e. The number of rotatable bonds is 2. The average Bonchev–Trinajstić information content (AvgIpc) is 2.47. The van der Waals surface area contributed by atoms with E-state index in [4.69, 9.17) is 4.74 Å². The first kappa shape index (κ1) is 11.8. The predicted molar refractivity (Wildman–Crippen MR) is 73.3 cm³/mol. The molecule has 4 nitrogen and oxygen atoms in total. The number of piperazine rings is 1. The molecule has 1 fully saturated rings. The number of benzene rings is 1. The van der Waals surface area contributed by atoms with Gasteiger partial charge in [0.15, 0.2) is 0 Å². The molecule has 98 valence electrons. The highest BCUT2D eigenvalue weighted by Crippen LogP contribution is 2.36. The number of nitrogens with one attached hydrogen (secondary N) is 2. The third-order valence-corrected chi connectivity index (χ3v) is 3.94. The fraction of sp³-hybridized carbons (Fsp3) is 0.571. The molecule has 4 heteroatoms. The number of fused-ring (bicyclic) bond motifs is 1. The molecule has 0 aliphatic carbocycles. The molecular weight excluding hydrogens is 226 g/mol. The molecule has 1 atom stereocenters. The number of methoxy groups -OCH3 is 1. The summed E-state index contributed by atoms with van der Waals surface area (Å²) >= 11 is 0. The zero-order chi connectivity index (χ0) is 12.4. The van der Waals surface area contributed by atoms with E-state index >= 15 is 0 Å². The molecule has 2 aliphatic rings. The monoisotopic (exact) mass is 247 g/mol. The van der Waals surface area contributed by atoms with Crippen LogP contribution in [-0.4, -0.2) is 44.7 Å². The second kappa shape index (κ2) is 5.16. The Labute approximate surface area is 108 Å². The molecule has 1 saturated heterocycles. The molecule has 0 spiro atoms. The molecule has 0 amide bonds. The van der Waals surface area contributed by atoms with Crippen molar-refractivity contribution in [1.82, 2.24) is 10.2 Å². The maximum atomic E-state index is 5.36. The van der Waals surface area contributed by atoms with E-state index in [1.807, 2.05) is 6.07 Å². The minimum absolute atomic E-state index is 0.540. The Kier molecular flexibility index (Phi) is 3.39. The van der Waals surface area contributed by atoms with Gasteiger partial charge in [0.2, 0.25) is 0 Å². The highest BCUT2D eigenvalue weighted by Gasteiger charge is 2.27. The summed E-state index contributed by atoms with van der Waals surface area (Å²) in [5.74, 6) is 0.956. The Morgan fingerprint density at radius 2 is 2.06 bits per heavy atom. The third-order valence-electron chi connectivity index (χ3n) is 3.94. The van der Waals surface area contributed by atoms with E-state index in [-0.39, 0.29) is 0 Å². The van der Waals surface area contributed by atoms with E-state index in [1.54, 1.807) is 7.11 Å². The minimum Gasteiger partial charge on any atom is -0.497 e. The van der Waals surface area contributed by atoms with Crippen molar-refractivity contribution in [3.05, 3.63) is 23.8 Å². The van der Waals surface area contributed by atoms with E-state index < -0.39 is 0 Å². The van der Waals surface area contributed by atoms with Gasteiger partial charge in [-0.2, -0.15) is 0 Å². The van der Waals surface area contributed by atoms with Gasteiger partial charge in [-0.15, -0.1) is 0 Å². The summed E-state index contributed by atoms with van der Waals surface area (Å²) in [6, 6.07) is 6.90. The van der Waals surface area contributed by atoms with Gasteiger partial charge < -0.3 is 15.4 Å². The lowest BCUT2D eigenvalue weighted by Crippen LogP contribution is -2.46. The van der Waals surface area contributed by atoms with Crippen molar-refractivity contribution in [2.24, 2.45) is 0 Å². The van der Waals surface area contributed by atoms with Crippen LogP contribution in [0, 0.1) is 0 Å². The summed E-state index contributed by atoms with van der Waals surface area (Å²) in [6.45, 7) is 5.54. The Morgan fingerprint density at radius 3 is 2.83 bits per heavy atom. The molecule has 1 aromatic carbocycles. The van der Waals surface area contributed by atoms with Gasteiger partial charge in [0.05, 0.1) is 7.11 Å². The molecule has 2 heterocycles. The molecule has 18 heavy (non-hydrogen) atoms. The van der Waals surface area contributed by atoms with Crippen molar-refractivity contribution in [1.29, 1.82) is 0 Å². The van der Waals surface area contributed by atoms with Crippen molar-refractivity contribution in [2.45, 2.75) is 12.5 Å². The Bertz CT molecular complexity index is 416. The zero-order valence-corrected chi connectivity index (χ0v) is 10.9. The second-order valence-corrected chi connectivity index (χ2v) is 4.97. The standard InChI is InChI=1S/C14H21N3O/c1-18-11-2-3-13-12(10-11)14(4-5-16-13)17-8-6-15-7-9-17/h2-3,10,14-16H,4-9H2,1H3. The summed E-state index contributed by atoms with van der Waals surface area (Å²) in [5, 5.41) is 6.90. The summed E-state index contributed by atoms with van der Waals surface area (Å²) < 4.78 is 5.36. The van der Waals surface area contributed by atoms with Crippen LogP contribution in [-0.2, 0) is 0 Å². The van der Waals surface area contributed by atoms with Crippen LogP contribution in [0.1, 0.15) is 18.0 Å². The fourth-order valence-corrected chi connectivity index (χ4v) is 2.98. The van der Waals surface area contributed by atoms with Crippen molar-refractivity contribution in [3.8, 4) is 5.75 Å². The molecule has 0 radical (unpaired) electrons. The van der Waals surface area contributed by atoms with E-state index in [9.17, 15) is 0 Å². The largest absolute Gasteiger partial charge is 0.497 e. The van der Waals surface area contributed by atoms with Gasteiger partial charge >= 0.3 is 0 Å². The van der Waals surface area contributed by atoms with Gasteiger partial charge in [-0.05, 0) is 30.2 Å². The van der Waals surface area contributed by atoms with Crippen LogP contribution in [0.3, 0.4) is 0 Å². The average molecular weight is 247 g/mol. The highest BCUT2D eigenvalue weighted by molar-refractivity contribution is 5.57. The SMILES string of the molecule is COc1ccc2c(c1)C(N1CCNCC1)CCN2. The van der Waals surface area contributed by atoms with Gasteiger partial charge in [-0.25, -0.2) is 0 Å². The van der Waals surface area contributed by atoms with Crippen LogP contribution in [0.25, 0.3) is 0 Å². The van der Waals surface area contributed by atoms with Crippen molar-refractivity contribution < 1.29 is 4.74 Å². The van der Waals surface area contributed by atoms with E-state index in [2.05, 4.69) is 27.7 Å². The molecule has 3 rings (SSSR count). The van der Waals surface area contributed by atoms with Crippen LogP contribution in [0.5, 0.6) is 5.75 Å². The van der Waals surface area contributed by atoms with Gasteiger partial charge in [0.1, 0.15) is 5.75 Å². The lowest BCUT2D eigenvalue weighted by Gasteiger charge is -2.38. The second-order valence-electron chi connectivity index (χ2n) is 4.97. The zero-order valence-electron chi connectivity index (χ0n) is 10.9. The van der Waals surface area contributed by atoms with E-state index in [0.717, 1.165) is 38.5 Å². The van der Waals surface area contributed by atoms with Crippen molar-refractivity contribution in [2.75, 3.05) is 45.2 Å². The van der Waals surface area contributed by atoms with Crippen LogP contribution < -0.4 is 15.4 Å². The summed E-state index contributed by atoms with van der Waals surface area (Å²) in [6.07, 6.45) is 1.18. The predicted octanol–water partition coefficient (Wildman–Crippen LogP) is 1.46. The molecule has 0 aromatic heterocycles. The molecule has 1 unspecified atom stereocenters. The summed E-state index contributed by atoms with van der Waals surface area (Å²) in [5.41, 5.74) is 2.66. The molecule has 2 N–H and O–H groups in total. The number of anilines is 1. The van der Waals surface area contributed by atoms with Gasteiger partial charge in [-0.3, -0.25) is 4.90 Å². The smallest absolute Gasteiger partial charge is 0.119 e. The normalized spacial score (nSPS) is 24.2. The van der Waals surface area contributed by atoms with Crippen LogP contribution in [0.4, 0.5) is 5.69 Å². The molecular formula is C14H21N3O. The van der Waals surface area contributed by atoms with Crippen molar-refractivity contribution >= 4 is 5.69 Å². The number of hydrogen-bond donors (Lipinski definition) is 2. The Morgan fingerprint density at radius 1 is 1.22 bits per heavy atom. The van der Waals surface area contributed by atoms with Gasteiger partial charge in [0.25, 0.3) is 0 Å². The topological polar surface area (TPSA) is 36.5 Å². The first-order valence-electron chi connectivity index (χ1n) is 6.75. The number of ether oxygens (including phenoxy) is 1. The quantitative estimate of drug-likeness (QED) is 0.829. The van der Waals surface area contributed by atoms with Crippen molar-refractivity contribution in [3.63, 3.8) is 0 Å². The van der Waals surface area contributed by atoms with E-state index in [1.165, 1.54) is 17.7 Å². The molecule has 1 aromatic rings. The Hall–Kier alpha value is -1.26. The maximum absolute atomic E-state index is 5.36. The lowest BCUT2D eigenvalue weighted by atomic mass is 9.95. The lowest BCUT2D eigenvalue weighted by molar-refractivity contribution is 0.166. The summed E-state index contributed by atoms with van der Waals surface area (Å²) in [7, 11) is 1.73. The minimum atomic E-state index is 0.540. The van der Waals surface area contributed by atoms with Gasteiger partial charge in [-0.1, -0.05) is 0 Å². The van der Waals surface area contributed by atoms with Crippen LogP contribution in [0.15, 0.2) is 18.2 Å². The molecule has 0 bridgehead atoms. The molecule has 0 saturated carbocycles. The van der Waals surface area contributed by atoms with Gasteiger partial charge in [0, 0.05) is 44.5 Å². The van der Waals surface area contributed by atoms with E-state index in [0.29, 0.717) is 6.04 Å². The fourth-order valence-electron chi connectivity index (χ4n) is 2.98. The number of nitrogens with zero attached hydrogens (tertiary/aromatic N) is 1. The Balaban J connectivity index is 1.89. The number of hydrogen-bond acceptors (Lipinski definition) is 4. The first-order valence-corrected chi connectivity index (χ1v) is 6.75. The highest BCUT2D eigenvalue weighted by atomic mass is 16.5. The van der Waals surface area contributed by atoms with Crippen LogP contribution in [0.2, 0.25) is 0 Å². The first-order chi connectivity index (χ1) is 8.88. The molecule has 2 aliphatic heterocycles.